The van der Waals surface area contributed by atoms with Crippen molar-refractivity contribution in [3.63, 3.8) is 0 Å². The smallest absolute Gasteiger partial charge is 0.259 e. The Morgan fingerprint density at radius 1 is 1.13 bits per heavy atom. The summed E-state index contributed by atoms with van der Waals surface area (Å²) in [6, 6.07) is 5.74. The Morgan fingerprint density at radius 3 is 2.65 bits per heavy atom. The number of aromatic nitrogens is 5. The van der Waals surface area contributed by atoms with Gasteiger partial charge in [0.15, 0.2) is 5.82 Å². The fourth-order valence-electron chi connectivity index (χ4n) is 4.53. The zero-order valence-corrected chi connectivity index (χ0v) is 18.3. The van der Waals surface area contributed by atoms with Crippen molar-refractivity contribution in [1.82, 2.24) is 29.5 Å². The van der Waals surface area contributed by atoms with Crippen LogP contribution in [0.2, 0.25) is 0 Å². The van der Waals surface area contributed by atoms with Gasteiger partial charge in [0.05, 0.1) is 41.1 Å². The van der Waals surface area contributed by atoms with Crippen LogP contribution in [0.15, 0.2) is 29.2 Å². The monoisotopic (exact) mass is 418 g/mol. The third-order valence-corrected chi connectivity index (χ3v) is 6.22. The number of benzene rings is 1. The molecule has 1 fully saturated rings. The second-order valence-electron chi connectivity index (χ2n) is 8.43. The van der Waals surface area contributed by atoms with Gasteiger partial charge < -0.3 is 14.6 Å². The van der Waals surface area contributed by atoms with E-state index in [1.54, 1.807) is 11.6 Å². The van der Waals surface area contributed by atoms with Crippen LogP contribution in [0, 0.1) is 13.8 Å². The lowest BCUT2D eigenvalue weighted by atomic mass is 9.88. The molecule has 0 bridgehead atoms. The topological polar surface area (TPSA) is 88.4 Å². The molecule has 0 radical (unpaired) electrons. The van der Waals surface area contributed by atoms with E-state index < -0.39 is 0 Å². The highest BCUT2D eigenvalue weighted by Gasteiger charge is 2.23. The summed E-state index contributed by atoms with van der Waals surface area (Å²) in [5.74, 6) is 1.61. The van der Waals surface area contributed by atoms with Crippen LogP contribution in [-0.4, -0.2) is 56.7 Å². The van der Waals surface area contributed by atoms with E-state index in [0.29, 0.717) is 28.3 Å². The molecule has 0 saturated carbocycles. The van der Waals surface area contributed by atoms with Crippen LogP contribution in [0.5, 0.6) is 5.75 Å². The molecule has 0 aliphatic carbocycles. The van der Waals surface area contributed by atoms with Gasteiger partial charge in [-0.3, -0.25) is 9.78 Å². The molecule has 0 amide bonds. The van der Waals surface area contributed by atoms with E-state index in [9.17, 15) is 4.79 Å². The second kappa shape index (κ2) is 7.46. The van der Waals surface area contributed by atoms with Crippen molar-refractivity contribution in [2.45, 2.75) is 32.6 Å². The Morgan fingerprint density at radius 2 is 1.90 bits per heavy atom. The van der Waals surface area contributed by atoms with Gasteiger partial charge in [0.25, 0.3) is 5.56 Å². The number of ether oxygens (including phenoxy) is 1. The number of hydrogen-bond acceptors (Lipinski definition) is 6. The molecule has 8 nitrogen and oxygen atoms in total. The molecule has 0 spiro atoms. The number of hydrogen-bond donors (Lipinski definition) is 1. The Hall–Kier alpha value is -3.26. The van der Waals surface area contributed by atoms with Gasteiger partial charge >= 0.3 is 0 Å². The number of likely N-dealkylation sites (tertiary alicyclic amines) is 1. The lowest BCUT2D eigenvalue weighted by Crippen LogP contribution is -2.29. The lowest BCUT2D eigenvalue weighted by Gasteiger charge is -2.30. The summed E-state index contributed by atoms with van der Waals surface area (Å²) in [7, 11) is 3.82. The van der Waals surface area contributed by atoms with E-state index in [1.165, 1.54) is 0 Å². The molecular formula is C23H26N6O2. The van der Waals surface area contributed by atoms with Crippen LogP contribution in [0.3, 0.4) is 0 Å². The minimum Gasteiger partial charge on any atom is -0.496 e. The summed E-state index contributed by atoms with van der Waals surface area (Å²) in [6.45, 7) is 5.96. The number of aromatic amines is 1. The Kier molecular flexibility index (Phi) is 4.74. The van der Waals surface area contributed by atoms with Gasteiger partial charge in [-0.2, -0.15) is 5.10 Å². The summed E-state index contributed by atoms with van der Waals surface area (Å²) in [6.07, 6.45) is 3.97. The van der Waals surface area contributed by atoms with Crippen LogP contribution in [0.25, 0.3) is 27.9 Å². The number of fused-ring (bicyclic) bond motifs is 2. The van der Waals surface area contributed by atoms with Gasteiger partial charge in [-0.05, 0) is 70.4 Å². The van der Waals surface area contributed by atoms with Crippen molar-refractivity contribution < 1.29 is 4.74 Å². The molecule has 1 aromatic carbocycles. The van der Waals surface area contributed by atoms with Crippen molar-refractivity contribution in [3.8, 4) is 17.3 Å². The molecule has 4 heterocycles. The Bertz CT molecular complexity index is 1350. The number of aryl methyl sites for hydroxylation is 2. The molecule has 1 N–H and O–H groups in total. The number of nitrogens with zero attached hydrogens (tertiary/aromatic N) is 5. The highest BCUT2D eigenvalue weighted by molar-refractivity contribution is 5.82. The van der Waals surface area contributed by atoms with Crippen LogP contribution in [0.1, 0.15) is 35.7 Å². The zero-order valence-electron chi connectivity index (χ0n) is 18.3. The molecule has 0 atom stereocenters. The van der Waals surface area contributed by atoms with Gasteiger partial charge in [-0.25, -0.2) is 9.50 Å². The lowest BCUT2D eigenvalue weighted by molar-refractivity contribution is 0.252. The molecular weight excluding hydrogens is 392 g/mol. The normalized spacial score (nSPS) is 15.7. The third-order valence-electron chi connectivity index (χ3n) is 6.22. The van der Waals surface area contributed by atoms with E-state index >= 15 is 0 Å². The van der Waals surface area contributed by atoms with Crippen LogP contribution in [-0.2, 0) is 0 Å². The van der Waals surface area contributed by atoms with Crippen molar-refractivity contribution in [1.29, 1.82) is 0 Å². The van der Waals surface area contributed by atoms with E-state index in [1.807, 2.05) is 38.2 Å². The van der Waals surface area contributed by atoms with Crippen molar-refractivity contribution >= 4 is 16.4 Å². The molecule has 4 aromatic rings. The van der Waals surface area contributed by atoms with Gasteiger partial charge in [-0.1, -0.05) is 0 Å². The number of rotatable bonds is 3. The first kappa shape index (κ1) is 19.7. The first-order valence-corrected chi connectivity index (χ1v) is 10.6. The maximum atomic E-state index is 13.0. The van der Waals surface area contributed by atoms with Crippen molar-refractivity contribution in [2.75, 3.05) is 27.2 Å². The minimum absolute atomic E-state index is 0.167. The second-order valence-corrected chi connectivity index (χ2v) is 8.43. The Labute approximate surface area is 179 Å². The average molecular weight is 419 g/mol. The predicted octanol–water partition coefficient (Wildman–Crippen LogP) is 3.07. The highest BCUT2D eigenvalue weighted by atomic mass is 16.5. The largest absolute Gasteiger partial charge is 0.496 e. The van der Waals surface area contributed by atoms with E-state index in [0.717, 1.165) is 54.1 Å². The fraction of sp³-hybridized carbons (Fsp3) is 0.391. The molecule has 31 heavy (non-hydrogen) atoms. The highest BCUT2D eigenvalue weighted by Crippen LogP contribution is 2.36. The number of nitrogens with one attached hydrogen (secondary N) is 1. The van der Waals surface area contributed by atoms with Gasteiger partial charge in [0.2, 0.25) is 0 Å². The molecule has 3 aromatic heterocycles. The first-order chi connectivity index (χ1) is 14.9. The van der Waals surface area contributed by atoms with Crippen LogP contribution in [0.4, 0.5) is 0 Å². The number of H-pyrrole nitrogens is 1. The van der Waals surface area contributed by atoms with E-state index in [4.69, 9.17) is 9.72 Å². The van der Waals surface area contributed by atoms with Crippen LogP contribution >= 0.6 is 0 Å². The average Bonchev–Trinajstić information content (AvgIpc) is 3.18. The molecule has 1 aliphatic rings. The quantitative estimate of drug-likeness (QED) is 0.550. The Balaban J connectivity index is 1.62. The maximum Gasteiger partial charge on any atom is 0.259 e. The van der Waals surface area contributed by atoms with Gasteiger partial charge in [0.1, 0.15) is 11.4 Å². The SMILES string of the molecule is COc1cc2nc(-c3cc4c(C)nc(C)cn4n3)[nH]c(=O)c2cc1C1CCN(C)CC1. The summed E-state index contributed by atoms with van der Waals surface area (Å²) < 4.78 is 7.48. The molecule has 1 aliphatic heterocycles. The molecule has 5 rings (SSSR count). The molecule has 160 valence electrons. The first-order valence-electron chi connectivity index (χ1n) is 10.6. The summed E-state index contributed by atoms with van der Waals surface area (Å²) in [4.78, 5) is 27.5. The molecule has 8 heteroatoms. The van der Waals surface area contributed by atoms with E-state index in [2.05, 4.69) is 27.0 Å². The number of piperidine rings is 1. The van der Waals surface area contributed by atoms with Crippen molar-refractivity contribution in [3.05, 3.63) is 51.7 Å². The van der Waals surface area contributed by atoms with Crippen LogP contribution < -0.4 is 10.3 Å². The molecule has 1 saturated heterocycles. The minimum atomic E-state index is -0.167. The summed E-state index contributed by atoms with van der Waals surface area (Å²) in [5, 5.41) is 5.18. The van der Waals surface area contributed by atoms with Gasteiger partial charge in [-0.15, -0.1) is 0 Å². The standard InChI is InChI=1S/C23H26N6O2/c1-13-12-29-20(14(2)24-13)10-19(27-29)22-25-18-11-21(31-4)16(9-17(18)23(30)26-22)15-5-7-28(3)8-6-15/h9-12,15H,5-8H2,1-4H3,(H,25,26,30). The van der Waals surface area contributed by atoms with E-state index in [-0.39, 0.29) is 5.56 Å². The maximum absolute atomic E-state index is 13.0. The third kappa shape index (κ3) is 3.46. The summed E-state index contributed by atoms with van der Waals surface area (Å²) in [5.41, 5.74) is 4.78. The predicted molar refractivity (Wildman–Crippen MR) is 120 cm³/mol. The van der Waals surface area contributed by atoms with Gasteiger partial charge in [0, 0.05) is 6.07 Å². The van der Waals surface area contributed by atoms with Crippen molar-refractivity contribution in [2.24, 2.45) is 0 Å². The number of methoxy groups -OCH3 is 1. The zero-order chi connectivity index (χ0) is 21.7. The molecule has 0 unspecified atom stereocenters. The fourth-order valence-corrected chi connectivity index (χ4v) is 4.53. The summed E-state index contributed by atoms with van der Waals surface area (Å²) >= 11 is 0.